The van der Waals surface area contributed by atoms with Crippen molar-refractivity contribution in [3.63, 3.8) is 0 Å². The van der Waals surface area contributed by atoms with Crippen LogP contribution in [-0.2, 0) is 19.0 Å². The summed E-state index contributed by atoms with van der Waals surface area (Å²) in [5.41, 5.74) is 0.475. The molecule has 0 atom stereocenters. The Morgan fingerprint density at radius 1 is 1.07 bits per heavy atom. The average Bonchev–Trinajstić information content (AvgIpc) is 2.98. The van der Waals surface area contributed by atoms with Crippen LogP contribution in [0.2, 0.25) is 0 Å². The zero-order valence-electron chi connectivity index (χ0n) is 15.3. The fourth-order valence-corrected chi connectivity index (χ4v) is 5.38. The predicted octanol–water partition coefficient (Wildman–Crippen LogP) is 5.85. The van der Waals surface area contributed by atoms with Gasteiger partial charge in [0.25, 0.3) is 5.56 Å². The minimum absolute atomic E-state index is 0.190. The van der Waals surface area contributed by atoms with Gasteiger partial charge in [-0.2, -0.15) is 13.2 Å². The van der Waals surface area contributed by atoms with Crippen LogP contribution in [0.25, 0.3) is 15.9 Å². The Hall–Kier alpha value is -1.80. The summed E-state index contributed by atoms with van der Waals surface area (Å²) in [7, 11) is 0. The molecular formula is C20H19F3N2OS2. The summed E-state index contributed by atoms with van der Waals surface area (Å²) in [6.07, 6.45) is 2.83. The van der Waals surface area contributed by atoms with Crippen molar-refractivity contribution in [2.24, 2.45) is 0 Å². The number of nitrogens with zero attached hydrogens (tertiary/aromatic N) is 2. The number of aromatic nitrogens is 2. The highest BCUT2D eigenvalue weighted by molar-refractivity contribution is 7.98. The van der Waals surface area contributed by atoms with E-state index in [4.69, 9.17) is 0 Å². The summed E-state index contributed by atoms with van der Waals surface area (Å²) in [6.45, 7) is 0. The molecule has 0 unspecified atom stereocenters. The highest BCUT2D eigenvalue weighted by atomic mass is 32.2. The van der Waals surface area contributed by atoms with Crippen molar-refractivity contribution in [3.05, 3.63) is 50.9 Å². The first kappa shape index (κ1) is 19.5. The van der Waals surface area contributed by atoms with Crippen LogP contribution in [0.1, 0.15) is 41.9 Å². The topological polar surface area (TPSA) is 34.9 Å². The third kappa shape index (κ3) is 3.48. The van der Waals surface area contributed by atoms with E-state index in [-0.39, 0.29) is 10.5 Å². The number of aryl methyl sites for hydroxylation is 2. The summed E-state index contributed by atoms with van der Waals surface area (Å²) in [5.74, 6) is -1.16. The van der Waals surface area contributed by atoms with Gasteiger partial charge >= 0.3 is 6.18 Å². The van der Waals surface area contributed by atoms with Gasteiger partial charge in [0.2, 0.25) is 5.82 Å². The second kappa shape index (κ2) is 7.55. The van der Waals surface area contributed by atoms with Crippen LogP contribution >= 0.6 is 23.1 Å². The number of benzene rings is 1. The molecule has 1 aliphatic rings. The molecule has 0 saturated carbocycles. The first-order valence-corrected chi connectivity index (χ1v) is 11.2. The van der Waals surface area contributed by atoms with E-state index in [2.05, 4.69) is 4.98 Å². The molecule has 3 nitrogen and oxygen atoms in total. The quantitative estimate of drug-likeness (QED) is 0.484. The van der Waals surface area contributed by atoms with Gasteiger partial charge < -0.3 is 0 Å². The lowest BCUT2D eigenvalue weighted by atomic mass is 9.98. The van der Waals surface area contributed by atoms with E-state index in [1.54, 1.807) is 24.3 Å². The van der Waals surface area contributed by atoms with Crippen molar-refractivity contribution in [2.75, 3.05) is 6.26 Å². The van der Waals surface area contributed by atoms with E-state index in [1.165, 1.54) is 23.1 Å². The zero-order chi connectivity index (χ0) is 19.9. The second-order valence-corrected chi connectivity index (χ2v) is 8.83. The summed E-state index contributed by atoms with van der Waals surface area (Å²) in [6, 6.07) is 6.53. The minimum Gasteiger partial charge on any atom is -0.268 e. The lowest BCUT2D eigenvalue weighted by Crippen LogP contribution is -2.28. The Balaban J connectivity index is 2.02. The third-order valence-corrected chi connectivity index (χ3v) is 7.00. The first-order chi connectivity index (χ1) is 13.4. The summed E-state index contributed by atoms with van der Waals surface area (Å²) in [5, 5.41) is 0.365. The average molecular weight is 425 g/mol. The van der Waals surface area contributed by atoms with Crippen molar-refractivity contribution >= 4 is 33.3 Å². The number of fused-ring (bicyclic) bond motifs is 3. The normalized spacial score (nSPS) is 15.3. The van der Waals surface area contributed by atoms with Gasteiger partial charge in [0, 0.05) is 9.77 Å². The maximum atomic E-state index is 13.8. The molecule has 28 heavy (non-hydrogen) atoms. The molecule has 0 N–H and O–H groups in total. The maximum Gasteiger partial charge on any atom is 0.450 e. The van der Waals surface area contributed by atoms with Crippen LogP contribution in [0.5, 0.6) is 0 Å². The number of hydrogen-bond donors (Lipinski definition) is 0. The number of hydrogen-bond acceptors (Lipinski definition) is 4. The van der Waals surface area contributed by atoms with E-state index in [9.17, 15) is 18.0 Å². The minimum atomic E-state index is -4.72. The molecule has 4 rings (SSSR count). The molecule has 2 heterocycles. The summed E-state index contributed by atoms with van der Waals surface area (Å²) in [4.78, 5) is 19.4. The molecule has 0 amide bonds. The van der Waals surface area contributed by atoms with Crippen molar-refractivity contribution in [1.29, 1.82) is 0 Å². The van der Waals surface area contributed by atoms with Gasteiger partial charge in [-0.3, -0.25) is 9.36 Å². The lowest BCUT2D eigenvalue weighted by Gasteiger charge is -2.15. The highest BCUT2D eigenvalue weighted by Gasteiger charge is 2.38. The van der Waals surface area contributed by atoms with Crippen molar-refractivity contribution in [3.8, 4) is 5.69 Å². The smallest absolute Gasteiger partial charge is 0.268 e. The molecule has 0 spiro atoms. The Bertz CT molecular complexity index is 1070. The van der Waals surface area contributed by atoms with E-state index in [0.717, 1.165) is 58.4 Å². The molecule has 0 radical (unpaired) electrons. The van der Waals surface area contributed by atoms with Crippen LogP contribution in [0.4, 0.5) is 13.2 Å². The van der Waals surface area contributed by atoms with Crippen molar-refractivity contribution < 1.29 is 13.2 Å². The number of rotatable bonds is 2. The molecule has 0 bridgehead atoms. The first-order valence-electron chi connectivity index (χ1n) is 9.19. The summed E-state index contributed by atoms with van der Waals surface area (Å²) >= 11 is 2.74. The number of thiophene rings is 1. The Kier molecular flexibility index (Phi) is 5.26. The maximum absolute atomic E-state index is 13.8. The van der Waals surface area contributed by atoms with E-state index in [0.29, 0.717) is 5.39 Å². The molecule has 0 fully saturated rings. The van der Waals surface area contributed by atoms with Gasteiger partial charge in [-0.05, 0) is 61.8 Å². The molecule has 0 aliphatic heterocycles. The van der Waals surface area contributed by atoms with Crippen LogP contribution in [0, 0.1) is 0 Å². The Labute approximate surface area is 168 Å². The van der Waals surface area contributed by atoms with Crippen LogP contribution in [-0.4, -0.2) is 15.8 Å². The van der Waals surface area contributed by atoms with Crippen LogP contribution in [0.15, 0.2) is 34.0 Å². The monoisotopic (exact) mass is 424 g/mol. The molecular weight excluding hydrogens is 405 g/mol. The van der Waals surface area contributed by atoms with Gasteiger partial charge in [0.15, 0.2) is 0 Å². The molecule has 1 aromatic carbocycles. The molecule has 2 aromatic heterocycles. The fraction of sp³-hybridized carbons (Fsp3) is 0.400. The fourth-order valence-electron chi connectivity index (χ4n) is 3.72. The van der Waals surface area contributed by atoms with Gasteiger partial charge in [0.05, 0.1) is 11.1 Å². The second-order valence-electron chi connectivity index (χ2n) is 6.87. The molecule has 3 aromatic rings. The summed E-state index contributed by atoms with van der Waals surface area (Å²) < 4.78 is 42.1. The van der Waals surface area contributed by atoms with Gasteiger partial charge in [-0.25, -0.2) is 4.98 Å². The number of halogens is 3. The van der Waals surface area contributed by atoms with Crippen LogP contribution < -0.4 is 5.56 Å². The Morgan fingerprint density at radius 2 is 1.75 bits per heavy atom. The predicted molar refractivity (Wildman–Crippen MR) is 108 cm³/mol. The van der Waals surface area contributed by atoms with Gasteiger partial charge in [0.1, 0.15) is 4.83 Å². The third-order valence-electron chi connectivity index (χ3n) is 5.07. The van der Waals surface area contributed by atoms with E-state index in [1.807, 2.05) is 6.26 Å². The van der Waals surface area contributed by atoms with Crippen molar-refractivity contribution in [2.45, 2.75) is 49.6 Å². The number of alkyl halides is 3. The highest BCUT2D eigenvalue weighted by Crippen LogP contribution is 2.36. The van der Waals surface area contributed by atoms with E-state index < -0.39 is 17.6 Å². The Morgan fingerprint density at radius 3 is 2.39 bits per heavy atom. The molecule has 1 aliphatic carbocycles. The SMILES string of the molecule is CSc1ccc(-n2c(C(F)(F)F)nc3sc4c(c3c2=O)CCCCCC4)cc1. The van der Waals surface area contributed by atoms with Crippen molar-refractivity contribution in [1.82, 2.24) is 9.55 Å². The van der Waals surface area contributed by atoms with Gasteiger partial charge in [-0.1, -0.05) is 12.8 Å². The van der Waals surface area contributed by atoms with Crippen LogP contribution in [0.3, 0.4) is 0 Å². The standard InChI is InChI=1S/C20H19F3N2OS2/c1-27-13-10-8-12(9-11-13)25-18(26)16-14-6-4-2-3-5-7-15(14)28-17(16)24-19(25)20(21,22)23/h8-11H,2-7H2,1H3. The lowest BCUT2D eigenvalue weighted by molar-refractivity contribution is -0.146. The largest absolute Gasteiger partial charge is 0.450 e. The molecule has 8 heteroatoms. The van der Waals surface area contributed by atoms with E-state index >= 15 is 0 Å². The molecule has 0 saturated heterocycles. The zero-order valence-corrected chi connectivity index (χ0v) is 16.9. The number of thioether (sulfide) groups is 1. The molecule has 148 valence electrons. The van der Waals surface area contributed by atoms with Gasteiger partial charge in [-0.15, -0.1) is 23.1 Å².